The van der Waals surface area contributed by atoms with Crippen LogP contribution in [0.3, 0.4) is 0 Å². The van der Waals surface area contributed by atoms with Gasteiger partial charge in [-0.15, -0.1) is 0 Å². The van der Waals surface area contributed by atoms with E-state index in [4.69, 9.17) is 22.1 Å². The molecule has 8 heteroatoms. The van der Waals surface area contributed by atoms with Gasteiger partial charge >= 0.3 is 0 Å². The molecule has 3 rings (SSSR count). The topological polar surface area (TPSA) is 74.3 Å². The number of benzene rings is 2. The standard InChI is InChI=1S/C15H12ClFN2O3S/c1-22-14-7-11(17)12(18)8-15(14)23(20,21)19-6-5-9-10(16)3-2-4-13(9)19/h2-8H,18H2,1H3. The van der Waals surface area contributed by atoms with Gasteiger partial charge in [-0.1, -0.05) is 17.7 Å². The quantitative estimate of drug-likeness (QED) is 0.732. The minimum atomic E-state index is -4.03. The largest absolute Gasteiger partial charge is 0.495 e. The van der Waals surface area contributed by atoms with Gasteiger partial charge in [-0.2, -0.15) is 0 Å². The Bertz CT molecular complexity index is 1010. The average molecular weight is 355 g/mol. The molecular weight excluding hydrogens is 343 g/mol. The Morgan fingerprint density at radius 1 is 1.26 bits per heavy atom. The Kier molecular flexibility index (Phi) is 3.69. The molecule has 0 aliphatic rings. The molecule has 1 heterocycles. The molecule has 0 atom stereocenters. The summed E-state index contributed by atoms with van der Waals surface area (Å²) >= 11 is 6.07. The lowest BCUT2D eigenvalue weighted by atomic mass is 10.2. The van der Waals surface area contributed by atoms with Crippen LogP contribution >= 0.6 is 11.6 Å². The summed E-state index contributed by atoms with van der Waals surface area (Å²) in [6, 6.07) is 8.51. The number of hydrogen-bond donors (Lipinski definition) is 1. The third-order valence-corrected chi connectivity index (χ3v) is 5.50. The molecular formula is C15H12ClFN2O3S. The van der Waals surface area contributed by atoms with Gasteiger partial charge in [-0.05, 0) is 24.3 Å². The van der Waals surface area contributed by atoms with Crippen LogP contribution in [0.1, 0.15) is 0 Å². The van der Waals surface area contributed by atoms with E-state index in [2.05, 4.69) is 0 Å². The monoisotopic (exact) mass is 354 g/mol. The van der Waals surface area contributed by atoms with Crippen molar-refractivity contribution in [1.29, 1.82) is 0 Å². The maximum atomic E-state index is 13.6. The number of fused-ring (bicyclic) bond motifs is 1. The van der Waals surface area contributed by atoms with Crippen molar-refractivity contribution in [3.8, 4) is 5.75 Å². The Morgan fingerprint density at radius 2 is 2.00 bits per heavy atom. The van der Waals surface area contributed by atoms with E-state index in [1.165, 1.54) is 13.3 Å². The van der Waals surface area contributed by atoms with Crippen LogP contribution in [-0.4, -0.2) is 19.5 Å². The van der Waals surface area contributed by atoms with Crippen LogP contribution in [0.2, 0.25) is 5.02 Å². The Balaban J connectivity index is 2.30. The van der Waals surface area contributed by atoms with Crippen molar-refractivity contribution in [2.75, 3.05) is 12.8 Å². The van der Waals surface area contributed by atoms with Crippen molar-refractivity contribution in [2.45, 2.75) is 4.90 Å². The molecule has 23 heavy (non-hydrogen) atoms. The minimum Gasteiger partial charge on any atom is -0.495 e. The normalized spacial score (nSPS) is 11.8. The first kappa shape index (κ1) is 15.6. The second-order valence-electron chi connectivity index (χ2n) is 4.81. The van der Waals surface area contributed by atoms with E-state index in [-0.39, 0.29) is 16.3 Å². The minimum absolute atomic E-state index is 0.124. The van der Waals surface area contributed by atoms with E-state index in [0.717, 1.165) is 16.1 Å². The second kappa shape index (κ2) is 5.43. The molecule has 2 aromatic carbocycles. The third-order valence-electron chi connectivity index (χ3n) is 3.46. The summed E-state index contributed by atoms with van der Waals surface area (Å²) < 4.78 is 45.5. The summed E-state index contributed by atoms with van der Waals surface area (Å²) in [5, 5.41) is 1.02. The van der Waals surface area contributed by atoms with Crippen molar-refractivity contribution in [3.05, 3.63) is 53.4 Å². The van der Waals surface area contributed by atoms with Crippen LogP contribution in [0.5, 0.6) is 5.75 Å². The summed E-state index contributed by atoms with van der Waals surface area (Å²) in [5.74, 6) is -0.873. The van der Waals surface area contributed by atoms with E-state index in [0.29, 0.717) is 15.9 Å². The number of methoxy groups -OCH3 is 1. The van der Waals surface area contributed by atoms with Crippen LogP contribution in [-0.2, 0) is 10.0 Å². The molecule has 0 aliphatic carbocycles. The first-order chi connectivity index (χ1) is 10.9. The summed E-state index contributed by atoms with van der Waals surface area (Å²) in [4.78, 5) is -0.226. The van der Waals surface area contributed by atoms with Gasteiger partial charge in [-0.3, -0.25) is 0 Å². The van der Waals surface area contributed by atoms with Gasteiger partial charge in [0, 0.05) is 22.7 Å². The van der Waals surface area contributed by atoms with Crippen LogP contribution in [0.4, 0.5) is 10.1 Å². The van der Waals surface area contributed by atoms with E-state index in [9.17, 15) is 12.8 Å². The van der Waals surface area contributed by atoms with Gasteiger partial charge < -0.3 is 10.5 Å². The van der Waals surface area contributed by atoms with Crippen molar-refractivity contribution >= 4 is 38.2 Å². The highest BCUT2D eigenvalue weighted by molar-refractivity contribution is 7.90. The van der Waals surface area contributed by atoms with Crippen LogP contribution in [0.25, 0.3) is 10.9 Å². The first-order valence-corrected chi connectivity index (χ1v) is 8.32. The van der Waals surface area contributed by atoms with Gasteiger partial charge in [0.15, 0.2) is 0 Å². The third kappa shape index (κ3) is 2.42. The number of nitrogens with two attached hydrogens (primary N) is 1. The van der Waals surface area contributed by atoms with Crippen molar-refractivity contribution in [1.82, 2.24) is 3.97 Å². The molecule has 0 amide bonds. The first-order valence-electron chi connectivity index (χ1n) is 6.50. The van der Waals surface area contributed by atoms with E-state index in [1.807, 2.05) is 0 Å². The summed E-state index contributed by atoms with van der Waals surface area (Å²) in [7, 11) is -2.78. The van der Waals surface area contributed by atoms with Gasteiger partial charge in [0.25, 0.3) is 10.0 Å². The fourth-order valence-corrected chi connectivity index (χ4v) is 4.09. The molecule has 0 aliphatic heterocycles. The van der Waals surface area contributed by atoms with Gasteiger partial charge in [0.05, 0.1) is 18.3 Å². The fourth-order valence-electron chi connectivity index (χ4n) is 2.33. The van der Waals surface area contributed by atoms with E-state index < -0.39 is 15.8 Å². The number of hydrogen-bond acceptors (Lipinski definition) is 4. The summed E-state index contributed by atoms with van der Waals surface area (Å²) in [6.45, 7) is 0. The van der Waals surface area contributed by atoms with Crippen LogP contribution < -0.4 is 10.5 Å². The molecule has 0 fully saturated rings. The molecule has 1 aromatic heterocycles. The van der Waals surface area contributed by atoms with E-state index in [1.54, 1.807) is 24.3 Å². The number of halogens is 2. The van der Waals surface area contributed by atoms with Crippen molar-refractivity contribution in [2.24, 2.45) is 0 Å². The lowest BCUT2D eigenvalue weighted by Crippen LogP contribution is -2.14. The smallest absolute Gasteiger partial charge is 0.271 e. The Labute approximate surface area is 137 Å². The molecule has 0 saturated heterocycles. The number of aromatic nitrogens is 1. The second-order valence-corrected chi connectivity index (χ2v) is 7.00. The van der Waals surface area contributed by atoms with Gasteiger partial charge in [0.1, 0.15) is 16.5 Å². The summed E-state index contributed by atoms with van der Waals surface area (Å²) in [6.07, 6.45) is 1.38. The number of anilines is 1. The molecule has 2 N–H and O–H groups in total. The maximum Gasteiger partial charge on any atom is 0.271 e. The number of ether oxygens (including phenoxy) is 1. The lowest BCUT2D eigenvalue weighted by molar-refractivity contribution is 0.399. The number of nitrogen functional groups attached to an aromatic ring is 1. The predicted octanol–water partition coefficient (Wildman–Crippen LogP) is 3.26. The number of rotatable bonds is 3. The zero-order valence-electron chi connectivity index (χ0n) is 12.0. The predicted molar refractivity (Wildman–Crippen MR) is 86.9 cm³/mol. The highest BCUT2D eigenvalue weighted by Gasteiger charge is 2.25. The lowest BCUT2D eigenvalue weighted by Gasteiger charge is -2.13. The van der Waals surface area contributed by atoms with Gasteiger partial charge in [-0.25, -0.2) is 16.8 Å². The molecule has 5 nitrogen and oxygen atoms in total. The van der Waals surface area contributed by atoms with Gasteiger partial charge in [0.2, 0.25) is 0 Å². The van der Waals surface area contributed by atoms with Crippen molar-refractivity contribution < 1.29 is 17.5 Å². The van der Waals surface area contributed by atoms with E-state index >= 15 is 0 Å². The molecule has 3 aromatic rings. The zero-order chi connectivity index (χ0) is 16.8. The molecule has 0 saturated carbocycles. The molecule has 0 bridgehead atoms. The van der Waals surface area contributed by atoms with Crippen LogP contribution in [0.15, 0.2) is 47.5 Å². The zero-order valence-corrected chi connectivity index (χ0v) is 13.5. The Hall–Kier alpha value is -2.25. The van der Waals surface area contributed by atoms with Crippen molar-refractivity contribution in [3.63, 3.8) is 0 Å². The molecule has 0 radical (unpaired) electrons. The Morgan fingerprint density at radius 3 is 2.70 bits per heavy atom. The fraction of sp³-hybridized carbons (Fsp3) is 0.0667. The number of nitrogens with zero attached hydrogens (tertiary/aromatic N) is 1. The average Bonchev–Trinajstić information content (AvgIpc) is 2.95. The molecule has 120 valence electrons. The highest BCUT2D eigenvalue weighted by Crippen LogP contribution is 2.33. The molecule has 0 spiro atoms. The maximum absolute atomic E-state index is 13.6. The van der Waals surface area contributed by atoms with Crippen LogP contribution in [0, 0.1) is 5.82 Å². The summed E-state index contributed by atoms with van der Waals surface area (Å²) in [5.41, 5.74) is 5.63. The SMILES string of the molecule is COc1cc(F)c(N)cc1S(=O)(=O)n1ccc2c(Cl)cccc21. The molecule has 0 unspecified atom stereocenters. The highest BCUT2D eigenvalue weighted by atomic mass is 35.5.